The molecule has 0 unspecified atom stereocenters. The maximum absolute atomic E-state index is 13.0. The molecule has 1 amide bonds. The molecule has 1 heterocycles. The standard InChI is InChI=1S/C20H29N3O4S/c24-13-12-22(18-5-6-18)15-20(25)21-8-10-23(11-9-21)28(26,27)19-7-4-16-2-1-3-17(16)14-19/h4,7,14,18,24H,1-3,5-6,8-13,15H2. The van der Waals surface area contributed by atoms with Crippen molar-refractivity contribution in [1.29, 1.82) is 0 Å². The van der Waals surface area contributed by atoms with Gasteiger partial charge in [-0.25, -0.2) is 8.42 Å². The number of aryl methyl sites for hydroxylation is 2. The number of piperazine rings is 1. The second-order valence-electron chi connectivity index (χ2n) is 7.99. The highest BCUT2D eigenvalue weighted by atomic mass is 32.2. The molecule has 1 N–H and O–H groups in total. The Hall–Kier alpha value is -1.48. The molecule has 0 bridgehead atoms. The molecular weight excluding hydrogens is 378 g/mol. The van der Waals surface area contributed by atoms with E-state index in [4.69, 9.17) is 0 Å². The smallest absolute Gasteiger partial charge is 0.243 e. The van der Waals surface area contributed by atoms with Gasteiger partial charge in [-0.2, -0.15) is 4.31 Å². The average Bonchev–Trinajstić information content (AvgIpc) is 3.44. The monoisotopic (exact) mass is 407 g/mol. The number of aliphatic hydroxyl groups excluding tert-OH is 1. The lowest BCUT2D eigenvalue weighted by Gasteiger charge is -2.35. The van der Waals surface area contributed by atoms with Gasteiger partial charge >= 0.3 is 0 Å². The van der Waals surface area contributed by atoms with Crippen LogP contribution in [-0.4, -0.2) is 85.5 Å². The molecule has 1 aromatic rings. The fourth-order valence-electron chi connectivity index (χ4n) is 4.27. The number of carbonyl (C=O) groups is 1. The fourth-order valence-corrected chi connectivity index (χ4v) is 5.74. The van der Waals surface area contributed by atoms with Gasteiger partial charge < -0.3 is 10.0 Å². The summed E-state index contributed by atoms with van der Waals surface area (Å²) in [5.74, 6) is 0.0231. The molecule has 1 saturated carbocycles. The second kappa shape index (κ2) is 8.10. The normalized spacial score (nSPS) is 20.6. The topological polar surface area (TPSA) is 81.2 Å². The Balaban J connectivity index is 1.36. The van der Waals surface area contributed by atoms with Gasteiger partial charge in [-0.3, -0.25) is 9.69 Å². The van der Waals surface area contributed by atoms with Crippen molar-refractivity contribution >= 4 is 15.9 Å². The van der Waals surface area contributed by atoms with Crippen LogP contribution in [0.2, 0.25) is 0 Å². The third kappa shape index (κ3) is 4.10. The van der Waals surface area contributed by atoms with Crippen molar-refractivity contribution in [2.45, 2.75) is 43.0 Å². The Kier molecular flexibility index (Phi) is 5.73. The summed E-state index contributed by atoms with van der Waals surface area (Å²) in [6, 6.07) is 5.91. The highest BCUT2D eigenvalue weighted by molar-refractivity contribution is 7.89. The Morgan fingerprint density at radius 3 is 2.50 bits per heavy atom. The lowest BCUT2D eigenvalue weighted by Crippen LogP contribution is -2.52. The number of hydrogen-bond donors (Lipinski definition) is 1. The van der Waals surface area contributed by atoms with Crippen LogP contribution in [0.3, 0.4) is 0 Å². The highest BCUT2D eigenvalue weighted by Gasteiger charge is 2.34. The van der Waals surface area contributed by atoms with Gasteiger partial charge in [-0.15, -0.1) is 0 Å². The maximum Gasteiger partial charge on any atom is 0.243 e. The first-order valence-corrected chi connectivity index (χ1v) is 11.7. The van der Waals surface area contributed by atoms with Crippen LogP contribution < -0.4 is 0 Å². The van der Waals surface area contributed by atoms with Crippen LogP contribution in [0.25, 0.3) is 0 Å². The summed E-state index contributed by atoms with van der Waals surface area (Å²) in [7, 11) is -3.52. The highest BCUT2D eigenvalue weighted by Crippen LogP contribution is 2.28. The van der Waals surface area contributed by atoms with Gasteiger partial charge in [0.2, 0.25) is 15.9 Å². The molecule has 2 aliphatic carbocycles. The molecule has 7 nitrogen and oxygen atoms in total. The van der Waals surface area contributed by atoms with Crippen LogP contribution in [0.1, 0.15) is 30.4 Å². The van der Waals surface area contributed by atoms with E-state index in [1.165, 1.54) is 9.87 Å². The van der Waals surface area contributed by atoms with Gasteiger partial charge in [-0.1, -0.05) is 6.07 Å². The Morgan fingerprint density at radius 1 is 1.11 bits per heavy atom. The number of hydrogen-bond acceptors (Lipinski definition) is 5. The van der Waals surface area contributed by atoms with E-state index in [9.17, 15) is 18.3 Å². The van der Waals surface area contributed by atoms with Crippen molar-refractivity contribution in [1.82, 2.24) is 14.1 Å². The summed E-state index contributed by atoms with van der Waals surface area (Å²) in [6.07, 6.45) is 5.24. The van der Waals surface area contributed by atoms with Crippen LogP contribution in [0.15, 0.2) is 23.1 Å². The van der Waals surface area contributed by atoms with Crippen LogP contribution in [0.4, 0.5) is 0 Å². The number of carbonyl (C=O) groups excluding carboxylic acids is 1. The van der Waals surface area contributed by atoms with E-state index < -0.39 is 10.0 Å². The van der Waals surface area contributed by atoms with Crippen LogP contribution >= 0.6 is 0 Å². The zero-order valence-corrected chi connectivity index (χ0v) is 17.0. The Morgan fingerprint density at radius 2 is 1.82 bits per heavy atom. The lowest BCUT2D eigenvalue weighted by atomic mass is 10.1. The zero-order chi connectivity index (χ0) is 19.7. The number of rotatable bonds is 7. The first kappa shape index (κ1) is 19.8. The van der Waals surface area contributed by atoms with Crippen molar-refractivity contribution in [3.8, 4) is 0 Å². The molecule has 1 aliphatic heterocycles. The van der Waals surface area contributed by atoms with Gasteiger partial charge in [0.25, 0.3) is 0 Å². The first-order chi connectivity index (χ1) is 13.5. The summed E-state index contributed by atoms with van der Waals surface area (Å²) in [6.45, 7) is 2.37. The molecule has 8 heteroatoms. The van der Waals surface area contributed by atoms with Crippen molar-refractivity contribution in [3.63, 3.8) is 0 Å². The number of sulfonamides is 1. The van der Waals surface area contributed by atoms with E-state index in [0.717, 1.165) is 37.7 Å². The Bertz CT molecular complexity index is 830. The molecule has 1 aromatic carbocycles. The molecular formula is C20H29N3O4S. The first-order valence-electron chi connectivity index (χ1n) is 10.2. The summed E-state index contributed by atoms with van der Waals surface area (Å²) in [4.78, 5) is 16.8. The molecule has 4 rings (SSSR count). The third-order valence-electron chi connectivity index (χ3n) is 6.09. The van der Waals surface area contributed by atoms with E-state index in [1.807, 2.05) is 17.0 Å². The van der Waals surface area contributed by atoms with Gasteiger partial charge in [0, 0.05) is 38.8 Å². The SMILES string of the molecule is O=C(CN(CCO)C1CC1)N1CCN(S(=O)(=O)c2ccc3c(c2)CCC3)CC1. The van der Waals surface area contributed by atoms with E-state index in [2.05, 4.69) is 0 Å². The number of nitrogens with zero attached hydrogens (tertiary/aromatic N) is 3. The number of fused-ring (bicyclic) bond motifs is 1. The minimum absolute atomic E-state index is 0.0231. The van der Waals surface area contributed by atoms with Gasteiger partial charge in [0.15, 0.2) is 0 Å². The van der Waals surface area contributed by atoms with Crippen LogP contribution in [-0.2, 0) is 27.7 Å². The largest absolute Gasteiger partial charge is 0.395 e. The number of amides is 1. The molecule has 2 fully saturated rings. The lowest BCUT2D eigenvalue weighted by molar-refractivity contribution is -0.133. The van der Waals surface area contributed by atoms with Crippen LogP contribution in [0.5, 0.6) is 0 Å². The van der Waals surface area contributed by atoms with Gasteiger partial charge in [-0.05, 0) is 55.4 Å². The summed E-state index contributed by atoms with van der Waals surface area (Å²) in [5, 5.41) is 9.19. The molecule has 1 saturated heterocycles. The predicted molar refractivity (Wildman–Crippen MR) is 105 cm³/mol. The molecule has 0 spiro atoms. The van der Waals surface area contributed by atoms with Crippen molar-refractivity contribution in [2.24, 2.45) is 0 Å². The quantitative estimate of drug-likeness (QED) is 0.711. The second-order valence-corrected chi connectivity index (χ2v) is 9.93. The third-order valence-corrected chi connectivity index (χ3v) is 7.98. The zero-order valence-electron chi connectivity index (χ0n) is 16.2. The minimum atomic E-state index is -3.52. The van der Waals surface area contributed by atoms with E-state index in [-0.39, 0.29) is 12.5 Å². The van der Waals surface area contributed by atoms with Crippen LogP contribution in [0, 0.1) is 0 Å². The molecule has 28 heavy (non-hydrogen) atoms. The van der Waals surface area contributed by atoms with Crippen molar-refractivity contribution in [2.75, 3.05) is 45.9 Å². The van der Waals surface area contributed by atoms with Gasteiger partial charge in [0.05, 0.1) is 18.0 Å². The molecule has 0 aromatic heterocycles. The minimum Gasteiger partial charge on any atom is -0.395 e. The molecule has 0 atom stereocenters. The summed E-state index contributed by atoms with van der Waals surface area (Å²) < 4.78 is 27.5. The Labute approximate surface area is 167 Å². The number of aliphatic hydroxyl groups is 1. The van der Waals surface area contributed by atoms with Crippen molar-refractivity contribution < 1.29 is 18.3 Å². The summed E-state index contributed by atoms with van der Waals surface area (Å²) >= 11 is 0. The average molecular weight is 408 g/mol. The maximum atomic E-state index is 13.0. The van der Waals surface area contributed by atoms with E-state index in [1.54, 1.807) is 11.0 Å². The van der Waals surface area contributed by atoms with E-state index in [0.29, 0.717) is 50.2 Å². The fraction of sp³-hybridized carbons (Fsp3) is 0.650. The van der Waals surface area contributed by atoms with Crippen molar-refractivity contribution in [3.05, 3.63) is 29.3 Å². The molecule has 0 radical (unpaired) electrons. The predicted octanol–water partition coefficient (Wildman–Crippen LogP) is 0.465. The van der Waals surface area contributed by atoms with E-state index >= 15 is 0 Å². The number of benzene rings is 1. The van der Waals surface area contributed by atoms with Gasteiger partial charge in [0.1, 0.15) is 0 Å². The molecule has 154 valence electrons. The molecule has 3 aliphatic rings. The summed E-state index contributed by atoms with van der Waals surface area (Å²) in [5.41, 5.74) is 2.41.